The van der Waals surface area contributed by atoms with Crippen LogP contribution in [0.5, 0.6) is 11.5 Å². The number of nitrogens with one attached hydrogen (secondary N) is 6. The van der Waals surface area contributed by atoms with Gasteiger partial charge in [0.25, 0.3) is 5.91 Å². The van der Waals surface area contributed by atoms with E-state index in [1.807, 2.05) is 12.1 Å². The Morgan fingerprint density at radius 2 is 0.809 bits per heavy atom. The van der Waals surface area contributed by atoms with Crippen LogP contribution in [0.25, 0.3) is 0 Å². The Hall–Kier alpha value is -9.52. The summed E-state index contributed by atoms with van der Waals surface area (Å²) in [5, 5.41) is 14.2. The molecule has 1 radical (unpaired) electrons. The summed E-state index contributed by atoms with van der Waals surface area (Å²) in [6.07, 6.45) is -10.9. The molecule has 3 fully saturated rings. The van der Waals surface area contributed by atoms with E-state index in [1.165, 1.54) is 86.3 Å². The number of nitrogens with zero attached hydrogens (tertiary/aromatic N) is 2. The molecule has 0 spiro atoms. The number of benzene rings is 3. The van der Waals surface area contributed by atoms with Crippen LogP contribution in [0.1, 0.15) is 170 Å². The van der Waals surface area contributed by atoms with Gasteiger partial charge in [-0.3, -0.25) is 88.8 Å². The number of unbranched alkanes of at least 4 members (excludes halogenated alkanes) is 3. The molecular weight excluding hydrogens is 1810 g/mol. The fourth-order valence-electron chi connectivity index (χ4n) is 15.1. The van der Waals surface area contributed by atoms with Crippen molar-refractivity contribution in [2.45, 2.75) is 239 Å². The second-order valence-electron chi connectivity index (χ2n) is 31.5. The van der Waals surface area contributed by atoms with E-state index >= 15 is 9.59 Å². The maximum Gasteiger partial charge on any atom is 0.307 e. The van der Waals surface area contributed by atoms with Gasteiger partial charge in [0.2, 0.25) is 47.5 Å². The van der Waals surface area contributed by atoms with Crippen molar-refractivity contribution < 1.29 is 166 Å². The standard InChI is InChI=1S/C88H126N8O31PS2.V/c1-52-78(91-55(4)97)85(125-69(48-117-58(7)100)81(52)121-61(10)103)114-45-21-18-26-73(106)89-39-41-95(76(109)28-20-23-47-116-87-80(93-57(6)99)54(3)83(123-63(12)105)71(127-87)50-119-60(9)102)43-44-96(42-40-90-74(107)27-19-22-46-115-86-79(92-56(5)98)53(2)82(122-62(11)104)70(126-86)49-118-59(8)101)84(111)72(124-77(110)38-37-75(108)94-130(128)129)51-120-88(64-24-16-15-17-25-64,65-29-33-67(112-13)34-30-65)66-31-35-68(113-14)36-32-66;/h15-17,24-25,29-36,52-54,69-72,78-83,85-87,128H,18-23,26-28,37-51H2,1-14H3,(H,89,106)(H,90,107)(H,91,97)(H,92,98)(H,93,99)(H,94,108,129);/q-1;/t52-,53-,54-,69?,70?,71?,72?,78?,79?,80?,81-,82-,83-,85-,86-,87-;/m1./s1. The van der Waals surface area contributed by atoms with E-state index in [0.717, 1.165) is 0 Å². The van der Waals surface area contributed by atoms with Gasteiger partial charge in [-0.25, -0.2) is 11.2 Å². The number of ether oxygens (including phenoxy) is 16. The Labute approximate surface area is 783 Å². The molecule has 7 unspecified atom stereocenters. The Morgan fingerprint density at radius 1 is 0.450 bits per heavy atom. The van der Waals surface area contributed by atoms with Crippen LogP contribution in [0, 0.1) is 17.8 Å². The summed E-state index contributed by atoms with van der Waals surface area (Å²) in [6.45, 7) is 13.2. The van der Waals surface area contributed by atoms with Crippen LogP contribution in [0.4, 0.5) is 0 Å². The van der Waals surface area contributed by atoms with Crippen molar-refractivity contribution in [3.8, 4) is 11.5 Å². The number of rotatable bonds is 53. The average molecular weight is 1940 g/mol. The van der Waals surface area contributed by atoms with Crippen LogP contribution in [0.2, 0.25) is 0 Å². The van der Waals surface area contributed by atoms with E-state index in [1.54, 1.807) is 87.5 Å². The minimum atomic E-state index is -1.86. The topological polar surface area (TPSA) is 482 Å². The van der Waals surface area contributed by atoms with Gasteiger partial charge in [0.15, 0.2) is 18.9 Å². The van der Waals surface area contributed by atoms with Gasteiger partial charge in [-0.1, -0.05) is 75.4 Å². The Morgan fingerprint density at radius 3 is 1.16 bits per heavy atom. The second kappa shape index (κ2) is 57.8. The first-order valence-corrected chi connectivity index (χ1v) is 46.5. The van der Waals surface area contributed by atoms with Gasteiger partial charge in [0.1, 0.15) is 73.5 Å². The zero-order valence-corrected chi connectivity index (χ0v) is 80.6. The third-order valence-corrected chi connectivity index (χ3v) is 22.4. The number of esters is 7. The van der Waals surface area contributed by atoms with Crippen molar-refractivity contribution >= 4 is 117 Å². The minimum absolute atomic E-state index is 0. The molecule has 0 aliphatic carbocycles. The summed E-state index contributed by atoms with van der Waals surface area (Å²) in [5.74, 6) is -9.80. The number of carbonyl (C=O) groups excluding carboxylic acids is 15. The summed E-state index contributed by atoms with van der Waals surface area (Å²) < 4.78 is 96.8. The molecule has 6 N–H and O–H groups in total. The van der Waals surface area contributed by atoms with E-state index < -0.39 is 220 Å². The zero-order chi connectivity index (χ0) is 95.7. The van der Waals surface area contributed by atoms with Gasteiger partial charge < -0.3 is 117 Å². The molecule has 39 nitrogen and oxygen atoms in total. The predicted octanol–water partition coefficient (Wildman–Crippen LogP) is 4.40. The molecule has 6 rings (SSSR count). The Bertz CT molecular complexity index is 4270. The third-order valence-electron chi connectivity index (χ3n) is 21.4. The smallest absolute Gasteiger partial charge is 0.307 e. The SMILES string of the molecule is COc1ccc(C(OCC(OC(=O)CCC(=O)N[S-](=P)=S)C(=O)N(CCNC(=O)CCCCO[C@@H]2OC(COC(C)=O)[C@H](OC(C)=O)[C@H](C)C2NC(C)=O)CCN(CCNC(=O)CCCCO[C@@H]2OC(COC(C)=O)[C@H](OC(C)=O)[C@H](C)C2NC(C)=O)C(=O)CCCCO[C@@H]2OC(COC(C)=O)[C@H](OC(C)=O)[C@H](C)C2NC(C)=O)(c2ccccc2)c2ccc(OC)cc2)cc1.[V]. The molecule has 3 aromatic carbocycles. The van der Waals surface area contributed by atoms with Gasteiger partial charge in [-0.15, -0.1) is 0 Å². The van der Waals surface area contributed by atoms with Crippen LogP contribution in [-0.4, -0.2) is 278 Å². The van der Waals surface area contributed by atoms with E-state index in [-0.39, 0.29) is 155 Å². The molecular formula is C88H126N8O31PS2V-. The van der Waals surface area contributed by atoms with Gasteiger partial charge in [0.05, 0.1) is 45.4 Å². The normalized spacial score (nSPS) is 21.8. The van der Waals surface area contributed by atoms with Crippen molar-refractivity contribution in [2.24, 2.45) is 17.8 Å². The summed E-state index contributed by atoms with van der Waals surface area (Å²) in [4.78, 5) is 200. The average Bonchev–Trinajstić information content (AvgIpc) is 0.749. The number of hydrogen-bond acceptors (Lipinski definition) is 33. The van der Waals surface area contributed by atoms with Gasteiger partial charge in [-0.05, 0) is 79.5 Å². The fourth-order valence-corrected chi connectivity index (χ4v) is 16.1. The number of amides is 8. The van der Waals surface area contributed by atoms with Crippen LogP contribution in [0.3, 0.4) is 0 Å². The molecule has 0 aromatic heterocycles. The number of methoxy groups -OCH3 is 2. The van der Waals surface area contributed by atoms with Crippen LogP contribution < -0.4 is 40.8 Å². The van der Waals surface area contributed by atoms with Crippen molar-refractivity contribution in [2.75, 3.05) is 99.7 Å². The van der Waals surface area contributed by atoms with Gasteiger partial charge in [0, 0.05) is 183 Å². The molecule has 8 amide bonds. The largest absolute Gasteiger partial charge is 0.497 e. The molecule has 131 heavy (non-hydrogen) atoms. The maximum atomic E-state index is 16.1. The van der Waals surface area contributed by atoms with Crippen LogP contribution >= 0.6 is 8.02 Å². The molecule has 3 aromatic rings. The molecule has 3 aliphatic rings. The molecule has 43 heteroatoms. The Kier molecular flexibility index (Phi) is 49.4. The van der Waals surface area contributed by atoms with Crippen molar-refractivity contribution in [1.29, 1.82) is 0 Å². The summed E-state index contributed by atoms with van der Waals surface area (Å²) in [7, 11) is 5.03. The molecule has 727 valence electrons. The van der Waals surface area contributed by atoms with Gasteiger partial charge >= 0.3 is 41.8 Å². The first kappa shape index (κ1) is 112. The van der Waals surface area contributed by atoms with Crippen molar-refractivity contribution in [3.05, 3.63) is 95.6 Å². The first-order valence-electron chi connectivity index (χ1n) is 43.1. The first-order chi connectivity index (χ1) is 61.8. The van der Waals surface area contributed by atoms with E-state index in [2.05, 4.69) is 39.3 Å². The maximum absolute atomic E-state index is 16.1. The van der Waals surface area contributed by atoms with E-state index in [4.69, 9.17) is 87.0 Å². The summed E-state index contributed by atoms with van der Waals surface area (Å²) in [5.41, 5.74) is -0.0113. The molecule has 3 saturated heterocycles. The van der Waals surface area contributed by atoms with Gasteiger partial charge in [-0.2, -0.15) is 0 Å². The van der Waals surface area contributed by atoms with Crippen molar-refractivity contribution in [1.82, 2.24) is 41.1 Å². The third kappa shape index (κ3) is 37.8. The van der Waals surface area contributed by atoms with E-state index in [9.17, 15) is 62.3 Å². The zero-order valence-electron chi connectivity index (χ0n) is 76.5. The summed E-state index contributed by atoms with van der Waals surface area (Å²) >= 11 is 5.13. The van der Waals surface area contributed by atoms with E-state index in [0.29, 0.717) is 28.2 Å². The van der Waals surface area contributed by atoms with Crippen molar-refractivity contribution in [3.63, 3.8) is 0 Å². The molecule has 16 atom stereocenters. The number of carbonyl (C=O) groups is 15. The molecule has 0 saturated carbocycles. The number of hydrogen-bond donors (Lipinski definition) is 6. The second-order valence-corrected chi connectivity index (χ2v) is 35.3. The summed E-state index contributed by atoms with van der Waals surface area (Å²) in [6, 6.07) is 20.5. The fraction of sp³-hybridized carbons (Fsp3) is 0.625. The van der Waals surface area contributed by atoms with Crippen LogP contribution in [0.15, 0.2) is 78.9 Å². The Balaban J connectivity index is 0.0000304. The quantitative estimate of drug-likeness (QED) is 0.0114. The predicted molar refractivity (Wildman–Crippen MR) is 470 cm³/mol. The minimum Gasteiger partial charge on any atom is -0.497 e. The molecule has 3 heterocycles. The molecule has 0 bridgehead atoms. The monoisotopic (exact) mass is 1940 g/mol. The molecule has 3 aliphatic heterocycles. The van der Waals surface area contributed by atoms with Crippen LogP contribution in [-0.2, 0) is 182 Å².